The van der Waals surface area contributed by atoms with Crippen LogP contribution in [0.15, 0.2) is 24.3 Å². The average molecular weight is 589 g/mol. The number of carbonyl (C=O) groups excluding carboxylic acids is 1. The van der Waals surface area contributed by atoms with Crippen molar-refractivity contribution in [2.24, 2.45) is 0 Å². The third-order valence-electron chi connectivity index (χ3n) is 4.75. The van der Waals surface area contributed by atoms with E-state index in [-0.39, 0.29) is 23.9 Å². The van der Waals surface area contributed by atoms with Gasteiger partial charge in [0.15, 0.2) is 11.6 Å². The summed E-state index contributed by atoms with van der Waals surface area (Å²) in [6, 6.07) is 7.27. The predicted octanol–water partition coefficient (Wildman–Crippen LogP) is 6.16. The summed E-state index contributed by atoms with van der Waals surface area (Å²) in [6.45, 7) is 1.52. The third kappa shape index (κ3) is 9.32. The Hall–Kier alpha value is -1.19. The SMILES string of the molecule is O=C(Nc1ccc(N(CCCl)CCCl)cc1)OCCSSCCCc1c(F)c(F)c(O)c(P)c1F. The number of alkyl halides is 2. The Bertz CT molecular complexity index is 943. The lowest BCUT2D eigenvalue weighted by molar-refractivity contribution is 0.169. The molecule has 2 aromatic carbocycles. The van der Waals surface area contributed by atoms with Crippen LogP contribution in [-0.4, -0.2) is 54.2 Å². The largest absolute Gasteiger partial charge is 0.504 e. The van der Waals surface area contributed by atoms with Crippen molar-refractivity contribution >= 4 is 76.8 Å². The molecule has 0 aliphatic rings. The van der Waals surface area contributed by atoms with Crippen molar-refractivity contribution in [1.82, 2.24) is 0 Å². The number of phenols is 1. The van der Waals surface area contributed by atoms with E-state index in [1.807, 2.05) is 26.3 Å². The minimum Gasteiger partial charge on any atom is -0.504 e. The number of phenolic OH excluding ortho intramolecular Hbond substituents is 1. The first kappa shape index (κ1) is 30.0. The van der Waals surface area contributed by atoms with Gasteiger partial charge < -0.3 is 14.7 Å². The Morgan fingerprint density at radius 3 is 2.29 bits per heavy atom. The van der Waals surface area contributed by atoms with Gasteiger partial charge in [0, 0.05) is 53.3 Å². The van der Waals surface area contributed by atoms with Crippen molar-refractivity contribution in [3.8, 4) is 5.75 Å². The fraction of sp³-hybridized carbons (Fsp3) is 0.409. The van der Waals surface area contributed by atoms with E-state index in [4.69, 9.17) is 27.9 Å². The van der Waals surface area contributed by atoms with Crippen LogP contribution in [0.2, 0.25) is 0 Å². The molecule has 0 aromatic heterocycles. The van der Waals surface area contributed by atoms with Crippen molar-refractivity contribution < 1.29 is 27.8 Å². The maximum atomic E-state index is 14.1. The zero-order chi connectivity index (χ0) is 25.8. The van der Waals surface area contributed by atoms with Crippen molar-refractivity contribution in [2.45, 2.75) is 12.8 Å². The smallest absolute Gasteiger partial charge is 0.411 e. The number of rotatable bonds is 14. The molecule has 0 aliphatic heterocycles. The van der Waals surface area contributed by atoms with Crippen LogP contribution in [0.4, 0.5) is 29.3 Å². The van der Waals surface area contributed by atoms with Gasteiger partial charge in [-0.05, 0) is 37.1 Å². The van der Waals surface area contributed by atoms with E-state index >= 15 is 0 Å². The number of hydrogen-bond donors (Lipinski definition) is 2. The molecule has 0 radical (unpaired) electrons. The Morgan fingerprint density at radius 1 is 1.03 bits per heavy atom. The second-order valence-electron chi connectivity index (χ2n) is 7.10. The van der Waals surface area contributed by atoms with Crippen LogP contribution in [0, 0.1) is 17.5 Å². The molecule has 194 valence electrons. The third-order valence-corrected chi connectivity index (χ3v) is 8.07. The highest BCUT2D eigenvalue weighted by Crippen LogP contribution is 2.27. The second-order valence-corrected chi connectivity index (χ2v) is 11.1. The lowest BCUT2D eigenvalue weighted by Crippen LogP contribution is -2.27. The monoisotopic (exact) mass is 588 g/mol. The van der Waals surface area contributed by atoms with E-state index in [0.717, 1.165) is 5.69 Å². The molecular weight excluding hydrogens is 563 g/mol. The quantitative estimate of drug-likeness (QED) is 0.0906. The number of nitrogens with zero attached hydrogens (tertiary/aromatic N) is 1. The molecule has 2 rings (SSSR count). The molecule has 0 fully saturated rings. The Labute approximate surface area is 223 Å². The first-order valence-electron chi connectivity index (χ1n) is 10.6. The molecule has 1 unspecified atom stereocenters. The number of aromatic hydroxyl groups is 1. The van der Waals surface area contributed by atoms with E-state index in [1.165, 1.54) is 21.6 Å². The summed E-state index contributed by atoms with van der Waals surface area (Å²) >= 11 is 11.6. The normalized spacial score (nSPS) is 10.9. The Balaban J connectivity index is 1.63. The van der Waals surface area contributed by atoms with Gasteiger partial charge in [-0.2, -0.15) is 4.39 Å². The molecule has 0 spiro atoms. The van der Waals surface area contributed by atoms with Gasteiger partial charge >= 0.3 is 6.09 Å². The number of amides is 1. The van der Waals surface area contributed by atoms with Crippen LogP contribution in [0.1, 0.15) is 12.0 Å². The Morgan fingerprint density at radius 2 is 1.66 bits per heavy atom. The van der Waals surface area contributed by atoms with E-state index in [0.29, 0.717) is 48.5 Å². The zero-order valence-electron chi connectivity index (χ0n) is 18.7. The number of halogens is 5. The number of ether oxygens (including phenoxy) is 1. The first-order valence-corrected chi connectivity index (χ1v) is 14.7. The highest BCUT2D eigenvalue weighted by molar-refractivity contribution is 8.76. The number of carbonyl (C=O) groups is 1. The van der Waals surface area contributed by atoms with Gasteiger partial charge in [-0.1, -0.05) is 30.8 Å². The summed E-state index contributed by atoms with van der Waals surface area (Å²) in [4.78, 5) is 14.0. The molecule has 0 aliphatic carbocycles. The van der Waals surface area contributed by atoms with Gasteiger partial charge in [-0.25, -0.2) is 13.6 Å². The fourth-order valence-corrected chi connectivity index (χ4v) is 5.64. The highest BCUT2D eigenvalue weighted by Gasteiger charge is 2.22. The van der Waals surface area contributed by atoms with Crippen molar-refractivity contribution in [3.05, 3.63) is 47.3 Å². The Kier molecular flexibility index (Phi) is 13.6. The summed E-state index contributed by atoms with van der Waals surface area (Å²) in [5, 5.41) is 11.6. The summed E-state index contributed by atoms with van der Waals surface area (Å²) in [5.74, 6) is -2.75. The molecule has 0 saturated heterocycles. The lowest BCUT2D eigenvalue weighted by atomic mass is 10.1. The molecular formula is C22H26Cl2F3N2O3PS2. The van der Waals surface area contributed by atoms with Crippen LogP contribution in [-0.2, 0) is 11.2 Å². The number of benzene rings is 2. The molecule has 2 aromatic rings. The average Bonchev–Trinajstić information content (AvgIpc) is 2.85. The van der Waals surface area contributed by atoms with Crippen LogP contribution < -0.4 is 15.5 Å². The molecule has 13 heteroatoms. The molecule has 0 bridgehead atoms. The molecule has 35 heavy (non-hydrogen) atoms. The van der Waals surface area contributed by atoms with Crippen molar-refractivity contribution in [2.75, 3.05) is 53.2 Å². The van der Waals surface area contributed by atoms with Crippen LogP contribution in [0.25, 0.3) is 0 Å². The first-order chi connectivity index (χ1) is 16.8. The summed E-state index contributed by atoms with van der Waals surface area (Å²) in [7, 11) is 4.77. The maximum Gasteiger partial charge on any atom is 0.411 e. The zero-order valence-corrected chi connectivity index (χ0v) is 23.0. The highest BCUT2D eigenvalue weighted by atomic mass is 35.5. The van der Waals surface area contributed by atoms with Gasteiger partial charge in [0.25, 0.3) is 0 Å². The number of hydrogen-bond acceptors (Lipinski definition) is 6. The van der Waals surface area contributed by atoms with Crippen molar-refractivity contribution in [3.63, 3.8) is 0 Å². The van der Waals surface area contributed by atoms with Crippen LogP contribution >= 0.6 is 54.0 Å². The summed E-state index contributed by atoms with van der Waals surface area (Å²) in [5.41, 5.74) is 1.17. The molecule has 2 N–H and O–H groups in total. The number of anilines is 2. The summed E-state index contributed by atoms with van der Waals surface area (Å²) < 4.78 is 46.7. The van der Waals surface area contributed by atoms with Gasteiger partial charge in [0.2, 0.25) is 5.82 Å². The minimum atomic E-state index is -1.44. The standard InChI is InChI=1S/C22H26Cl2F3N2O3PS2/c23-7-9-29(10-8-24)15-5-3-14(4-6-15)28-22(31)32-11-13-35-34-12-1-2-16-17(25)19(27)20(30)21(33)18(16)26/h3-6,30H,1-2,7-13,33H2,(H,28,31). The molecule has 0 saturated carbocycles. The maximum absolute atomic E-state index is 14.1. The molecule has 1 amide bonds. The van der Waals surface area contributed by atoms with E-state index in [1.54, 1.807) is 12.1 Å². The predicted molar refractivity (Wildman–Crippen MR) is 146 cm³/mol. The number of nitrogens with one attached hydrogen (secondary N) is 1. The van der Waals surface area contributed by atoms with E-state index < -0.39 is 29.3 Å². The van der Waals surface area contributed by atoms with E-state index in [2.05, 4.69) is 5.32 Å². The van der Waals surface area contributed by atoms with Crippen LogP contribution in [0.5, 0.6) is 5.75 Å². The van der Waals surface area contributed by atoms with Crippen molar-refractivity contribution in [1.29, 1.82) is 0 Å². The summed E-state index contributed by atoms with van der Waals surface area (Å²) in [6.07, 6.45) is -0.170. The second kappa shape index (κ2) is 15.8. The molecule has 1 atom stereocenters. The van der Waals surface area contributed by atoms with E-state index in [9.17, 15) is 23.1 Å². The fourth-order valence-electron chi connectivity index (χ4n) is 3.01. The minimum absolute atomic E-state index is 0.00294. The molecule has 5 nitrogen and oxygen atoms in total. The van der Waals surface area contributed by atoms with Gasteiger partial charge in [-0.3, -0.25) is 5.32 Å². The molecule has 0 heterocycles. The topological polar surface area (TPSA) is 61.8 Å². The van der Waals surface area contributed by atoms with Gasteiger partial charge in [-0.15, -0.1) is 23.2 Å². The van der Waals surface area contributed by atoms with Gasteiger partial charge in [0.1, 0.15) is 12.4 Å². The van der Waals surface area contributed by atoms with Gasteiger partial charge in [0.05, 0.1) is 5.30 Å². The van der Waals surface area contributed by atoms with Crippen LogP contribution in [0.3, 0.4) is 0 Å². The lowest BCUT2D eigenvalue weighted by Gasteiger charge is -2.23.